The van der Waals surface area contributed by atoms with Gasteiger partial charge < -0.3 is 25.2 Å². The number of benzene rings is 1. The number of carbonyl (C=O) groups is 1. The van der Waals surface area contributed by atoms with Crippen molar-refractivity contribution >= 4 is 17.5 Å². The molecule has 1 aliphatic heterocycles. The number of rotatable bonds is 5. The number of likely N-dealkylation sites (N-methyl/N-ethyl adjacent to an activating group) is 1. The van der Waals surface area contributed by atoms with Gasteiger partial charge in [-0.15, -0.1) is 0 Å². The Balaban J connectivity index is 1.50. The Bertz CT molecular complexity index is 727. The Morgan fingerprint density at radius 1 is 1.15 bits per heavy atom. The molecule has 26 heavy (non-hydrogen) atoms. The molecule has 7 nitrogen and oxygen atoms in total. The van der Waals surface area contributed by atoms with Crippen molar-refractivity contribution in [1.82, 2.24) is 15.2 Å². The van der Waals surface area contributed by atoms with Crippen molar-refractivity contribution in [2.75, 3.05) is 50.6 Å². The van der Waals surface area contributed by atoms with Gasteiger partial charge in [0.15, 0.2) is 0 Å². The third-order valence-corrected chi connectivity index (χ3v) is 4.44. The lowest BCUT2D eigenvalue weighted by Crippen LogP contribution is -2.44. The maximum Gasteiger partial charge on any atom is 0.319 e. The molecule has 2 aromatic rings. The van der Waals surface area contributed by atoms with Gasteiger partial charge in [0.2, 0.25) is 0 Å². The van der Waals surface area contributed by atoms with Gasteiger partial charge in [0, 0.05) is 38.9 Å². The lowest BCUT2D eigenvalue weighted by molar-refractivity contribution is 0.251. The van der Waals surface area contributed by atoms with E-state index in [2.05, 4.69) is 32.5 Å². The molecule has 0 aliphatic carbocycles. The van der Waals surface area contributed by atoms with E-state index in [-0.39, 0.29) is 6.03 Å². The Hall–Kier alpha value is -2.80. The number of amides is 2. The third-order valence-electron chi connectivity index (χ3n) is 4.44. The summed E-state index contributed by atoms with van der Waals surface area (Å²) < 4.78 is 5.23. The van der Waals surface area contributed by atoms with E-state index in [1.165, 1.54) is 0 Å². The van der Waals surface area contributed by atoms with Crippen molar-refractivity contribution in [3.63, 3.8) is 0 Å². The van der Waals surface area contributed by atoms with Crippen molar-refractivity contribution in [3.8, 4) is 5.75 Å². The molecule has 0 radical (unpaired) electrons. The molecular formula is C19H25N5O2. The fourth-order valence-corrected chi connectivity index (χ4v) is 2.84. The van der Waals surface area contributed by atoms with E-state index >= 15 is 0 Å². The maximum absolute atomic E-state index is 12.1. The van der Waals surface area contributed by atoms with Crippen LogP contribution in [0.5, 0.6) is 5.75 Å². The first kappa shape index (κ1) is 18.0. The van der Waals surface area contributed by atoms with E-state index < -0.39 is 0 Å². The van der Waals surface area contributed by atoms with Crippen molar-refractivity contribution in [2.45, 2.75) is 6.54 Å². The van der Waals surface area contributed by atoms with E-state index in [0.717, 1.165) is 37.6 Å². The Morgan fingerprint density at radius 2 is 1.92 bits per heavy atom. The van der Waals surface area contributed by atoms with Crippen LogP contribution in [0.25, 0.3) is 0 Å². The molecule has 138 valence electrons. The zero-order valence-corrected chi connectivity index (χ0v) is 15.2. The summed E-state index contributed by atoms with van der Waals surface area (Å²) in [7, 11) is 3.71. The molecule has 0 bridgehead atoms. The number of hydrogen-bond acceptors (Lipinski definition) is 5. The van der Waals surface area contributed by atoms with Crippen LogP contribution in [0.1, 0.15) is 5.56 Å². The maximum atomic E-state index is 12.1. The first-order valence-corrected chi connectivity index (χ1v) is 8.72. The van der Waals surface area contributed by atoms with E-state index in [1.807, 2.05) is 30.5 Å². The number of carbonyl (C=O) groups excluding carboxylic acids is 1. The minimum absolute atomic E-state index is 0.280. The van der Waals surface area contributed by atoms with Crippen LogP contribution in [0.4, 0.5) is 16.3 Å². The minimum Gasteiger partial charge on any atom is -0.495 e. The molecule has 2 N–H and O–H groups in total. The van der Waals surface area contributed by atoms with Gasteiger partial charge in [-0.25, -0.2) is 9.78 Å². The Labute approximate surface area is 154 Å². The average molecular weight is 355 g/mol. The van der Waals surface area contributed by atoms with Crippen molar-refractivity contribution in [1.29, 1.82) is 0 Å². The van der Waals surface area contributed by atoms with Gasteiger partial charge in [0.1, 0.15) is 11.6 Å². The Kier molecular flexibility index (Phi) is 5.91. The van der Waals surface area contributed by atoms with E-state index in [4.69, 9.17) is 4.74 Å². The number of hydrogen-bond donors (Lipinski definition) is 2. The predicted octanol–water partition coefficient (Wildman–Crippen LogP) is 2.16. The lowest BCUT2D eigenvalue weighted by Gasteiger charge is -2.33. The highest BCUT2D eigenvalue weighted by Gasteiger charge is 2.15. The molecule has 0 spiro atoms. The molecule has 0 unspecified atom stereocenters. The number of anilines is 2. The lowest BCUT2D eigenvalue weighted by atomic mass is 10.2. The fourth-order valence-electron chi connectivity index (χ4n) is 2.84. The number of aromatic nitrogens is 1. The summed E-state index contributed by atoms with van der Waals surface area (Å²) in [5.41, 5.74) is 1.59. The number of nitrogens with one attached hydrogen (secondary N) is 2. The largest absolute Gasteiger partial charge is 0.495 e. The topological polar surface area (TPSA) is 69.7 Å². The highest BCUT2D eigenvalue weighted by molar-refractivity contribution is 5.90. The SMILES string of the molecule is COc1ccccc1NC(=O)NCc1ccc(N2CCN(C)CC2)nc1. The zero-order valence-electron chi connectivity index (χ0n) is 15.2. The Morgan fingerprint density at radius 3 is 2.62 bits per heavy atom. The molecule has 2 amide bonds. The summed E-state index contributed by atoms with van der Waals surface area (Å²) in [6.07, 6.45) is 1.82. The summed E-state index contributed by atoms with van der Waals surface area (Å²) in [5, 5.41) is 5.63. The first-order chi connectivity index (χ1) is 12.7. The zero-order chi connectivity index (χ0) is 18.4. The van der Waals surface area contributed by atoms with Crippen LogP contribution in [-0.2, 0) is 6.54 Å². The second-order valence-electron chi connectivity index (χ2n) is 6.32. The minimum atomic E-state index is -0.280. The first-order valence-electron chi connectivity index (χ1n) is 8.72. The standard InChI is InChI=1S/C19H25N5O2/c1-23-9-11-24(12-10-23)18-8-7-15(13-20-18)14-21-19(25)22-16-5-3-4-6-17(16)26-2/h3-8,13H,9-12,14H2,1-2H3,(H2,21,22,25). The van der Waals surface area contributed by atoms with Gasteiger partial charge in [0.25, 0.3) is 0 Å². The molecule has 1 aliphatic rings. The van der Waals surface area contributed by atoms with Crippen LogP contribution < -0.4 is 20.3 Å². The second kappa shape index (κ2) is 8.53. The van der Waals surface area contributed by atoms with Crippen LogP contribution in [-0.4, -0.2) is 56.3 Å². The number of para-hydroxylation sites is 2. The van der Waals surface area contributed by atoms with E-state index in [0.29, 0.717) is 18.0 Å². The van der Waals surface area contributed by atoms with Gasteiger partial charge in [-0.1, -0.05) is 18.2 Å². The van der Waals surface area contributed by atoms with Gasteiger partial charge >= 0.3 is 6.03 Å². The fraction of sp³-hybridized carbons (Fsp3) is 0.368. The smallest absolute Gasteiger partial charge is 0.319 e. The molecule has 2 heterocycles. The normalized spacial score (nSPS) is 14.8. The van der Waals surface area contributed by atoms with Gasteiger partial charge in [-0.3, -0.25) is 0 Å². The second-order valence-corrected chi connectivity index (χ2v) is 6.32. The number of ether oxygens (including phenoxy) is 1. The van der Waals surface area contributed by atoms with Crippen molar-refractivity contribution < 1.29 is 9.53 Å². The molecule has 3 rings (SSSR count). The average Bonchev–Trinajstić information content (AvgIpc) is 2.68. The third kappa shape index (κ3) is 4.64. The van der Waals surface area contributed by atoms with Crippen molar-refractivity contribution in [3.05, 3.63) is 48.2 Å². The molecule has 7 heteroatoms. The molecule has 1 aromatic carbocycles. The summed E-state index contributed by atoms with van der Waals surface area (Å²) in [4.78, 5) is 21.2. The van der Waals surface area contributed by atoms with Crippen LogP contribution in [0.15, 0.2) is 42.6 Å². The molecule has 1 aromatic heterocycles. The van der Waals surface area contributed by atoms with Crippen LogP contribution in [0.2, 0.25) is 0 Å². The van der Waals surface area contributed by atoms with Gasteiger partial charge in [-0.05, 0) is 30.8 Å². The van der Waals surface area contributed by atoms with E-state index in [9.17, 15) is 4.79 Å². The summed E-state index contributed by atoms with van der Waals surface area (Å²) in [6.45, 7) is 4.49. The van der Waals surface area contributed by atoms with Crippen LogP contribution >= 0.6 is 0 Å². The monoisotopic (exact) mass is 355 g/mol. The molecule has 0 atom stereocenters. The number of piperazine rings is 1. The summed E-state index contributed by atoms with van der Waals surface area (Å²) in [6, 6.07) is 11.0. The van der Waals surface area contributed by atoms with Crippen molar-refractivity contribution in [2.24, 2.45) is 0 Å². The van der Waals surface area contributed by atoms with Gasteiger partial charge in [0.05, 0.1) is 12.8 Å². The molecule has 0 saturated carbocycles. The quantitative estimate of drug-likeness (QED) is 0.860. The highest BCUT2D eigenvalue weighted by atomic mass is 16.5. The summed E-state index contributed by atoms with van der Waals surface area (Å²) in [5.74, 6) is 1.61. The number of methoxy groups -OCH3 is 1. The summed E-state index contributed by atoms with van der Waals surface area (Å²) >= 11 is 0. The molecule has 1 fully saturated rings. The van der Waals surface area contributed by atoms with Gasteiger partial charge in [-0.2, -0.15) is 0 Å². The van der Waals surface area contributed by atoms with E-state index in [1.54, 1.807) is 19.2 Å². The molecule has 1 saturated heterocycles. The van der Waals surface area contributed by atoms with Crippen LogP contribution in [0, 0.1) is 0 Å². The number of urea groups is 1. The predicted molar refractivity (Wildman–Crippen MR) is 103 cm³/mol. The number of pyridine rings is 1. The highest BCUT2D eigenvalue weighted by Crippen LogP contribution is 2.22. The number of nitrogens with zero attached hydrogens (tertiary/aromatic N) is 3. The molecular weight excluding hydrogens is 330 g/mol. The van der Waals surface area contributed by atoms with Crippen LogP contribution in [0.3, 0.4) is 0 Å².